The van der Waals surface area contributed by atoms with Gasteiger partial charge < -0.3 is 5.73 Å². The summed E-state index contributed by atoms with van der Waals surface area (Å²) in [5.74, 6) is 0.230. The van der Waals surface area contributed by atoms with Gasteiger partial charge in [-0.15, -0.1) is 10.2 Å². The Hall–Kier alpha value is -1.34. The fraction of sp³-hybridized carbons (Fsp3) is 0.333. The summed E-state index contributed by atoms with van der Waals surface area (Å²) in [4.78, 5) is 0. The largest absolute Gasteiger partial charge is 0.417 e. The highest BCUT2D eigenvalue weighted by Crippen LogP contribution is 2.32. The summed E-state index contributed by atoms with van der Waals surface area (Å²) in [7, 11) is 0. The van der Waals surface area contributed by atoms with Crippen molar-refractivity contribution in [2.24, 2.45) is 5.73 Å². The summed E-state index contributed by atoms with van der Waals surface area (Å²) >= 11 is 5.72. The Kier molecular flexibility index (Phi) is 2.75. The van der Waals surface area contributed by atoms with Gasteiger partial charge in [-0.25, -0.2) is 0 Å². The Balaban J connectivity index is 2.74. The molecular weight excluding hydrogens is 257 g/mol. The normalized spacial score (nSPS) is 14.2. The van der Waals surface area contributed by atoms with E-state index in [1.54, 1.807) is 6.92 Å². The van der Waals surface area contributed by atoms with Crippen LogP contribution in [0.5, 0.6) is 0 Å². The Bertz CT molecular complexity index is 561. The lowest BCUT2D eigenvalue weighted by Crippen LogP contribution is -2.12. The fourth-order valence-corrected chi connectivity index (χ4v) is 1.68. The first-order valence-electron chi connectivity index (χ1n) is 4.67. The molecule has 8 heteroatoms. The zero-order chi connectivity index (χ0) is 12.8. The third-order valence-electron chi connectivity index (χ3n) is 2.22. The van der Waals surface area contributed by atoms with Crippen LogP contribution in [0.2, 0.25) is 5.02 Å². The number of fused-ring (bicyclic) bond motifs is 1. The third-order valence-corrected chi connectivity index (χ3v) is 2.50. The molecule has 0 aliphatic carbocycles. The summed E-state index contributed by atoms with van der Waals surface area (Å²) in [6.45, 7) is 1.60. The maximum absolute atomic E-state index is 12.6. The molecule has 2 heterocycles. The minimum atomic E-state index is -4.47. The van der Waals surface area contributed by atoms with Crippen molar-refractivity contribution < 1.29 is 13.2 Å². The smallest absolute Gasteiger partial charge is 0.322 e. The monoisotopic (exact) mass is 264 g/mol. The van der Waals surface area contributed by atoms with Gasteiger partial charge in [0.1, 0.15) is 0 Å². The zero-order valence-electron chi connectivity index (χ0n) is 8.66. The second-order valence-electron chi connectivity index (χ2n) is 3.61. The first-order chi connectivity index (χ1) is 7.80. The molecule has 0 bridgehead atoms. The van der Waals surface area contributed by atoms with Gasteiger partial charge in [-0.1, -0.05) is 11.6 Å². The molecule has 1 atom stereocenters. The summed E-state index contributed by atoms with van der Waals surface area (Å²) < 4.78 is 38.9. The van der Waals surface area contributed by atoms with Crippen molar-refractivity contribution >= 4 is 17.2 Å². The molecule has 2 aromatic heterocycles. The van der Waals surface area contributed by atoms with Gasteiger partial charge in [-0.05, 0) is 13.0 Å². The molecule has 0 spiro atoms. The molecule has 2 N–H and O–H groups in total. The quantitative estimate of drug-likeness (QED) is 0.861. The molecule has 0 saturated carbocycles. The summed E-state index contributed by atoms with van der Waals surface area (Å²) in [5.41, 5.74) is 4.88. The Morgan fingerprint density at radius 1 is 1.41 bits per heavy atom. The van der Waals surface area contributed by atoms with Gasteiger partial charge in [0.25, 0.3) is 0 Å². The lowest BCUT2D eigenvalue weighted by molar-refractivity contribution is -0.137. The molecule has 0 unspecified atom stereocenters. The number of nitrogens with two attached hydrogens (primary N) is 1. The molecule has 0 radical (unpaired) electrons. The van der Waals surface area contributed by atoms with E-state index in [0.29, 0.717) is 0 Å². The molecule has 2 rings (SSSR count). The first kappa shape index (κ1) is 12.1. The van der Waals surface area contributed by atoms with Crippen molar-refractivity contribution in [3.63, 3.8) is 0 Å². The van der Waals surface area contributed by atoms with Crippen molar-refractivity contribution in [2.75, 3.05) is 0 Å². The van der Waals surface area contributed by atoms with Crippen LogP contribution in [-0.2, 0) is 6.18 Å². The number of pyridine rings is 1. The Labute approximate surface area is 99.2 Å². The average Bonchev–Trinajstić information content (AvgIpc) is 2.60. The number of hydrogen-bond donors (Lipinski definition) is 1. The van der Waals surface area contributed by atoms with Crippen LogP contribution in [-0.4, -0.2) is 14.6 Å². The number of rotatable bonds is 1. The lowest BCUT2D eigenvalue weighted by Gasteiger charge is -2.09. The van der Waals surface area contributed by atoms with Gasteiger partial charge in [0, 0.05) is 6.20 Å². The molecule has 0 aliphatic rings. The third kappa shape index (κ3) is 2.07. The van der Waals surface area contributed by atoms with E-state index in [4.69, 9.17) is 17.3 Å². The highest BCUT2D eigenvalue weighted by atomic mass is 35.5. The van der Waals surface area contributed by atoms with Crippen LogP contribution in [0.4, 0.5) is 13.2 Å². The van der Waals surface area contributed by atoms with E-state index >= 15 is 0 Å². The van der Waals surface area contributed by atoms with Gasteiger partial charge in [0.05, 0.1) is 16.6 Å². The van der Waals surface area contributed by atoms with E-state index in [0.717, 1.165) is 16.7 Å². The standard InChI is InChI=1S/C9H8ClF3N4/c1-4(14)7-15-16-8-6(10)2-5(3-17(7)8)9(11,12)13/h2-4H,14H2,1H3/t4-/m1/s1. The fourth-order valence-electron chi connectivity index (χ4n) is 1.44. The molecule has 0 aliphatic heterocycles. The molecule has 4 nitrogen and oxygen atoms in total. The second kappa shape index (κ2) is 3.85. The van der Waals surface area contributed by atoms with E-state index in [-0.39, 0.29) is 16.5 Å². The predicted molar refractivity (Wildman–Crippen MR) is 55.6 cm³/mol. The summed E-state index contributed by atoms with van der Waals surface area (Å²) in [6, 6.07) is 0.279. The maximum Gasteiger partial charge on any atom is 0.417 e. The number of nitrogens with zero attached hydrogens (tertiary/aromatic N) is 3. The van der Waals surface area contributed by atoms with Gasteiger partial charge in [-0.3, -0.25) is 4.40 Å². The first-order valence-corrected chi connectivity index (χ1v) is 5.05. The molecule has 0 aromatic carbocycles. The van der Waals surface area contributed by atoms with Crippen LogP contribution in [0.25, 0.3) is 5.65 Å². The Morgan fingerprint density at radius 3 is 2.59 bits per heavy atom. The average molecular weight is 265 g/mol. The Morgan fingerprint density at radius 2 is 2.06 bits per heavy atom. The van der Waals surface area contributed by atoms with Crippen LogP contribution >= 0.6 is 11.6 Å². The van der Waals surface area contributed by atoms with Crippen molar-refractivity contribution in [3.05, 3.63) is 28.7 Å². The van der Waals surface area contributed by atoms with Crippen molar-refractivity contribution in [3.8, 4) is 0 Å². The van der Waals surface area contributed by atoms with Gasteiger partial charge in [0.2, 0.25) is 0 Å². The van der Waals surface area contributed by atoms with Gasteiger partial charge in [-0.2, -0.15) is 13.2 Å². The molecule has 0 amide bonds. The maximum atomic E-state index is 12.6. The van der Waals surface area contributed by atoms with Crippen LogP contribution in [0.1, 0.15) is 24.4 Å². The van der Waals surface area contributed by atoms with E-state index in [2.05, 4.69) is 10.2 Å². The van der Waals surface area contributed by atoms with E-state index < -0.39 is 17.8 Å². The molecule has 2 aromatic rings. The van der Waals surface area contributed by atoms with E-state index in [9.17, 15) is 13.2 Å². The van der Waals surface area contributed by atoms with Gasteiger partial charge >= 0.3 is 6.18 Å². The number of halogens is 4. The molecule has 0 fully saturated rings. The van der Waals surface area contributed by atoms with E-state index in [1.165, 1.54) is 0 Å². The van der Waals surface area contributed by atoms with Crippen molar-refractivity contribution in [1.82, 2.24) is 14.6 Å². The van der Waals surface area contributed by atoms with Gasteiger partial charge in [0.15, 0.2) is 11.5 Å². The van der Waals surface area contributed by atoms with Crippen LogP contribution in [0.15, 0.2) is 12.3 Å². The molecule has 17 heavy (non-hydrogen) atoms. The minimum absolute atomic E-state index is 0.112. The zero-order valence-corrected chi connectivity index (χ0v) is 9.42. The number of hydrogen-bond acceptors (Lipinski definition) is 3. The topological polar surface area (TPSA) is 56.2 Å². The van der Waals surface area contributed by atoms with Crippen LogP contribution < -0.4 is 5.73 Å². The summed E-state index contributed by atoms with van der Waals surface area (Å²) in [6.07, 6.45) is -3.59. The molecular formula is C9H8ClF3N4. The lowest BCUT2D eigenvalue weighted by atomic mass is 10.2. The number of alkyl halides is 3. The SMILES string of the molecule is C[C@@H](N)c1nnc2c(Cl)cc(C(F)(F)F)cn12. The minimum Gasteiger partial charge on any atom is -0.322 e. The molecule has 92 valence electrons. The molecule has 0 saturated heterocycles. The van der Waals surface area contributed by atoms with Crippen LogP contribution in [0, 0.1) is 0 Å². The highest BCUT2D eigenvalue weighted by molar-refractivity contribution is 6.33. The van der Waals surface area contributed by atoms with Crippen LogP contribution in [0.3, 0.4) is 0 Å². The van der Waals surface area contributed by atoms with Crippen molar-refractivity contribution in [2.45, 2.75) is 19.1 Å². The highest BCUT2D eigenvalue weighted by Gasteiger charge is 2.32. The number of aromatic nitrogens is 3. The van der Waals surface area contributed by atoms with E-state index in [1.807, 2.05) is 0 Å². The summed E-state index contributed by atoms with van der Waals surface area (Å²) in [5, 5.41) is 7.30. The second-order valence-corrected chi connectivity index (χ2v) is 4.02. The van der Waals surface area contributed by atoms with Crippen molar-refractivity contribution in [1.29, 1.82) is 0 Å². The predicted octanol–water partition coefficient (Wildman–Crippen LogP) is 2.42.